The van der Waals surface area contributed by atoms with Crippen molar-refractivity contribution in [1.29, 1.82) is 0 Å². The van der Waals surface area contributed by atoms with Crippen LogP contribution in [0.5, 0.6) is 0 Å². The Bertz CT molecular complexity index is 694. The first-order chi connectivity index (χ1) is 10.0. The lowest BCUT2D eigenvalue weighted by molar-refractivity contribution is 0.581. The van der Waals surface area contributed by atoms with Gasteiger partial charge in [-0.3, -0.25) is 0 Å². The number of nitrogens with one attached hydrogen (secondary N) is 2. The van der Waals surface area contributed by atoms with Gasteiger partial charge < -0.3 is 5.32 Å². The van der Waals surface area contributed by atoms with Crippen molar-refractivity contribution in [2.24, 2.45) is 0 Å². The normalized spacial score (nSPS) is 11.3. The molecule has 0 bridgehead atoms. The third kappa shape index (κ3) is 4.31. The van der Waals surface area contributed by atoms with Crippen molar-refractivity contribution in [3.63, 3.8) is 0 Å². The van der Waals surface area contributed by atoms with E-state index in [0.717, 1.165) is 23.4 Å². The Hall–Kier alpha value is -1.85. The van der Waals surface area contributed by atoms with Gasteiger partial charge in [0.15, 0.2) is 0 Å². The predicted molar refractivity (Wildman–Crippen MR) is 85.8 cm³/mol. The van der Waals surface area contributed by atoms with Gasteiger partial charge in [-0.1, -0.05) is 29.8 Å². The van der Waals surface area contributed by atoms with Gasteiger partial charge in [0.05, 0.1) is 4.90 Å². The molecule has 0 aliphatic carbocycles. The number of hydrogen-bond donors (Lipinski definition) is 2. The summed E-state index contributed by atoms with van der Waals surface area (Å²) in [6.07, 6.45) is 0. The molecule has 0 heterocycles. The third-order valence-corrected chi connectivity index (χ3v) is 4.51. The first-order valence-electron chi connectivity index (χ1n) is 6.90. The Labute approximate surface area is 126 Å². The van der Waals surface area contributed by atoms with E-state index < -0.39 is 10.0 Å². The molecule has 0 aliphatic heterocycles. The maximum atomic E-state index is 12.2. The van der Waals surface area contributed by atoms with Crippen LogP contribution < -0.4 is 10.0 Å². The highest BCUT2D eigenvalue weighted by Gasteiger charge is 2.13. The van der Waals surface area contributed by atoms with Gasteiger partial charge in [0.25, 0.3) is 0 Å². The molecule has 5 heteroatoms. The number of aryl methyl sites for hydroxylation is 1. The van der Waals surface area contributed by atoms with Crippen LogP contribution in [0.15, 0.2) is 53.4 Å². The van der Waals surface area contributed by atoms with Crippen LogP contribution >= 0.6 is 0 Å². The first kappa shape index (κ1) is 15.5. The summed E-state index contributed by atoms with van der Waals surface area (Å²) in [5, 5.41) is 3.14. The van der Waals surface area contributed by atoms with E-state index in [9.17, 15) is 8.42 Å². The minimum absolute atomic E-state index is 0.275. The second-order valence-corrected chi connectivity index (χ2v) is 6.64. The zero-order valence-corrected chi connectivity index (χ0v) is 13.1. The third-order valence-electron chi connectivity index (χ3n) is 3.09. The van der Waals surface area contributed by atoms with E-state index in [0.29, 0.717) is 6.54 Å². The highest BCUT2D eigenvalue weighted by atomic mass is 32.2. The van der Waals surface area contributed by atoms with Gasteiger partial charge in [0.2, 0.25) is 10.0 Å². The molecule has 2 N–H and O–H groups in total. The molecule has 0 unspecified atom stereocenters. The molecule has 0 amide bonds. The summed E-state index contributed by atoms with van der Waals surface area (Å²) < 4.78 is 27.1. The summed E-state index contributed by atoms with van der Waals surface area (Å²) in [4.78, 5) is 0.275. The number of anilines is 1. The molecule has 0 fully saturated rings. The molecule has 2 aromatic rings. The van der Waals surface area contributed by atoms with Crippen LogP contribution in [0.1, 0.15) is 18.1 Å². The van der Waals surface area contributed by atoms with Crippen molar-refractivity contribution in [2.75, 3.05) is 11.9 Å². The second kappa shape index (κ2) is 6.74. The van der Waals surface area contributed by atoms with Gasteiger partial charge in [0, 0.05) is 18.8 Å². The van der Waals surface area contributed by atoms with Crippen molar-refractivity contribution < 1.29 is 8.42 Å². The van der Waals surface area contributed by atoms with E-state index in [1.165, 1.54) is 0 Å². The molecule has 0 aliphatic rings. The van der Waals surface area contributed by atoms with Crippen molar-refractivity contribution in [3.05, 3.63) is 59.7 Å². The minimum atomic E-state index is -3.48. The quantitative estimate of drug-likeness (QED) is 0.862. The van der Waals surface area contributed by atoms with Gasteiger partial charge in [-0.25, -0.2) is 13.1 Å². The van der Waals surface area contributed by atoms with Gasteiger partial charge in [0.1, 0.15) is 0 Å². The molecular weight excluding hydrogens is 284 g/mol. The summed E-state index contributed by atoms with van der Waals surface area (Å²) in [6.45, 7) is 5.07. The van der Waals surface area contributed by atoms with Gasteiger partial charge in [-0.15, -0.1) is 0 Å². The lowest BCUT2D eigenvalue weighted by atomic mass is 10.1. The van der Waals surface area contributed by atoms with Crippen LogP contribution in [0.2, 0.25) is 0 Å². The summed E-state index contributed by atoms with van der Waals surface area (Å²) in [6, 6.07) is 14.5. The fourth-order valence-corrected chi connectivity index (χ4v) is 3.06. The van der Waals surface area contributed by atoms with Crippen molar-refractivity contribution in [3.8, 4) is 0 Å². The lowest BCUT2D eigenvalue weighted by Gasteiger charge is -2.09. The topological polar surface area (TPSA) is 58.2 Å². The lowest BCUT2D eigenvalue weighted by Crippen LogP contribution is -2.23. The first-order valence-corrected chi connectivity index (χ1v) is 8.39. The second-order valence-electron chi connectivity index (χ2n) is 4.87. The Kier molecular flexibility index (Phi) is 4.98. The fraction of sp³-hybridized carbons (Fsp3) is 0.250. The Balaban J connectivity index is 2.07. The summed E-state index contributed by atoms with van der Waals surface area (Å²) >= 11 is 0. The van der Waals surface area contributed by atoms with Gasteiger partial charge >= 0.3 is 0 Å². The van der Waals surface area contributed by atoms with E-state index in [4.69, 9.17) is 0 Å². The molecule has 4 nitrogen and oxygen atoms in total. The number of hydrogen-bond acceptors (Lipinski definition) is 3. The smallest absolute Gasteiger partial charge is 0.240 e. The maximum Gasteiger partial charge on any atom is 0.240 e. The molecule has 21 heavy (non-hydrogen) atoms. The monoisotopic (exact) mass is 304 g/mol. The van der Waals surface area contributed by atoms with Crippen molar-refractivity contribution in [1.82, 2.24) is 4.72 Å². The molecular formula is C16H20N2O2S. The molecule has 2 aromatic carbocycles. The summed E-state index contributed by atoms with van der Waals surface area (Å²) in [5.41, 5.74) is 2.97. The van der Waals surface area contributed by atoms with E-state index in [2.05, 4.69) is 10.0 Å². The average Bonchev–Trinajstić information content (AvgIpc) is 2.46. The van der Waals surface area contributed by atoms with Crippen LogP contribution in [-0.2, 0) is 16.6 Å². The summed E-state index contributed by atoms with van der Waals surface area (Å²) in [7, 11) is -3.48. The van der Waals surface area contributed by atoms with Crippen LogP contribution in [0.3, 0.4) is 0 Å². The minimum Gasteiger partial charge on any atom is -0.385 e. The molecule has 0 spiro atoms. The van der Waals surface area contributed by atoms with Crippen LogP contribution in [0.4, 0.5) is 5.69 Å². The van der Waals surface area contributed by atoms with E-state index >= 15 is 0 Å². The van der Waals surface area contributed by atoms with Gasteiger partial charge in [-0.2, -0.15) is 0 Å². The van der Waals surface area contributed by atoms with E-state index in [-0.39, 0.29) is 4.90 Å². The number of benzene rings is 2. The highest BCUT2D eigenvalue weighted by Crippen LogP contribution is 2.14. The van der Waals surface area contributed by atoms with Crippen molar-refractivity contribution in [2.45, 2.75) is 25.3 Å². The van der Waals surface area contributed by atoms with E-state index in [1.807, 2.05) is 38.1 Å². The molecule has 0 saturated heterocycles. The highest BCUT2D eigenvalue weighted by molar-refractivity contribution is 7.89. The Morgan fingerprint density at radius 2 is 1.76 bits per heavy atom. The zero-order chi connectivity index (χ0) is 15.3. The summed E-state index contributed by atoms with van der Waals surface area (Å²) in [5.74, 6) is 0. The molecule has 0 radical (unpaired) electrons. The standard InChI is InChI=1S/C16H20N2O2S/c1-3-17-15-7-9-16(10-8-15)21(19,20)18-12-14-6-4-5-13(2)11-14/h4-11,17-18H,3,12H2,1-2H3. The molecule has 0 saturated carbocycles. The average molecular weight is 304 g/mol. The molecule has 2 rings (SSSR count). The van der Waals surface area contributed by atoms with Crippen LogP contribution in [0, 0.1) is 6.92 Å². The largest absolute Gasteiger partial charge is 0.385 e. The molecule has 0 aromatic heterocycles. The van der Waals surface area contributed by atoms with Crippen molar-refractivity contribution >= 4 is 15.7 Å². The Morgan fingerprint density at radius 1 is 1.05 bits per heavy atom. The molecule has 0 atom stereocenters. The SMILES string of the molecule is CCNc1ccc(S(=O)(=O)NCc2cccc(C)c2)cc1. The predicted octanol–water partition coefficient (Wildman–Crippen LogP) is 2.91. The van der Waals surface area contributed by atoms with E-state index in [1.54, 1.807) is 24.3 Å². The fourth-order valence-electron chi connectivity index (χ4n) is 2.04. The van der Waals surface area contributed by atoms with Crippen LogP contribution in [-0.4, -0.2) is 15.0 Å². The Morgan fingerprint density at radius 3 is 2.38 bits per heavy atom. The molecule has 112 valence electrons. The van der Waals surface area contributed by atoms with Gasteiger partial charge in [-0.05, 0) is 43.7 Å². The maximum absolute atomic E-state index is 12.2. The number of rotatable bonds is 6. The van der Waals surface area contributed by atoms with Crippen LogP contribution in [0.25, 0.3) is 0 Å². The number of sulfonamides is 1. The zero-order valence-electron chi connectivity index (χ0n) is 12.3.